The Morgan fingerprint density at radius 2 is 1.75 bits per heavy atom. The molecule has 0 saturated heterocycles. The number of primary amides is 1. The zero-order valence-electron chi connectivity index (χ0n) is 15.7. The summed E-state index contributed by atoms with van der Waals surface area (Å²) >= 11 is 0. The molecule has 3 atom stereocenters. The van der Waals surface area contributed by atoms with Gasteiger partial charge >= 0.3 is 5.88 Å². The average molecular weight is 513 g/mol. The number of hydrogen-bond donors (Lipinski definition) is 5. The van der Waals surface area contributed by atoms with Crippen molar-refractivity contribution in [2.75, 3.05) is 6.54 Å². The van der Waals surface area contributed by atoms with Gasteiger partial charge in [-0.2, -0.15) is 0 Å². The smallest absolute Gasteiger partial charge is 0.395 e. The van der Waals surface area contributed by atoms with Crippen LogP contribution < -0.4 is 11.1 Å². The maximum atomic E-state index is 12.0. The third-order valence-electron chi connectivity index (χ3n) is 4.15. The molecule has 0 saturated carbocycles. The number of thiol groups is 3. The zero-order chi connectivity index (χ0) is 24.2. The zero-order valence-corrected chi connectivity index (χ0v) is 18.4. The summed E-state index contributed by atoms with van der Waals surface area (Å²) in [5.41, 5.74) is 5.18. The van der Waals surface area contributed by atoms with Crippen LogP contribution in [0.1, 0.15) is 17.0 Å². The lowest BCUT2D eigenvalue weighted by molar-refractivity contribution is -0.410. The number of carbonyl (C=O) groups is 2. The van der Waals surface area contributed by atoms with Gasteiger partial charge in [-0.3, -0.25) is 29.8 Å². The van der Waals surface area contributed by atoms with Crippen LogP contribution in [0.2, 0.25) is 0 Å². The van der Waals surface area contributed by atoms with E-state index in [0.29, 0.717) is 0 Å². The van der Waals surface area contributed by atoms with Crippen molar-refractivity contribution in [3.8, 4) is 0 Å². The van der Waals surface area contributed by atoms with E-state index < -0.39 is 93.4 Å². The number of carbonyl (C=O) groups excluding carboxylic acids is 2. The lowest BCUT2D eigenvalue weighted by Gasteiger charge is -2.27. The standard InChI is InChI=1S/C14H16N4O11S3/c15-12(19)8-2-4-11(18(23)24)30(8)14(32(27)28)9(31(25)26)5-6-16-13(20)7-1-3-10(29-7)17(21)22/h1-4,9,14,30-32H,5-6H2,(H2,15,19)(H,16,20). The van der Waals surface area contributed by atoms with Gasteiger partial charge in [-0.15, -0.1) is 10.9 Å². The number of furan rings is 1. The maximum absolute atomic E-state index is 12.0. The van der Waals surface area contributed by atoms with Gasteiger partial charge in [0.05, 0.1) is 21.1 Å². The van der Waals surface area contributed by atoms with Crippen molar-refractivity contribution in [3.05, 3.63) is 60.2 Å². The molecule has 1 aromatic rings. The largest absolute Gasteiger partial charge is 0.433 e. The van der Waals surface area contributed by atoms with E-state index in [1.54, 1.807) is 0 Å². The number of nitrogens with zero attached hydrogens (tertiary/aromatic N) is 2. The summed E-state index contributed by atoms with van der Waals surface area (Å²) in [6.07, 6.45) is 1.40. The van der Waals surface area contributed by atoms with E-state index in [9.17, 15) is 46.7 Å². The molecule has 2 heterocycles. The van der Waals surface area contributed by atoms with Gasteiger partial charge in [0.2, 0.25) is 0 Å². The fourth-order valence-electron chi connectivity index (χ4n) is 2.80. The van der Waals surface area contributed by atoms with Crippen LogP contribution >= 0.6 is 10.9 Å². The number of nitrogens with one attached hydrogen (secondary N) is 1. The van der Waals surface area contributed by atoms with Crippen LogP contribution in [-0.4, -0.2) is 54.9 Å². The molecule has 15 nitrogen and oxygen atoms in total. The third kappa shape index (κ3) is 5.51. The Labute approximate surface area is 184 Å². The predicted octanol–water partition coefficient (Wildman–Crippen LogP) is -1.27. The van der Waals surface area contributed by atoms with Crippen LogP contribution in [0.25, 0.3) is 0 Å². The molecule has 2 rings (SSSR count). The molecule has 3 unspecified atom stereocenters. The van der Waals surface area contributed by atoms with E-state index in [1.807, 2.05) is 0 Å². The fourth-order valence-corrected chi connectivity index (χ4v) is 8.83. The Kier molecular flexibility index (Phi) is 8.11. The summed E-state index contributed by atoms with van der Waals surface area (Å²) in [5, 5.41) is 21.8. The van der Waals surface area contributed by atoms with Crippen molar-refractivity contribution in [1.82, 2.24) is 5.32 Å². The quantitative estimate of drug-likeness (QED) is 0.133. The van der Waals surface area contributed by atoms with E-state index in [4.69, 9.17) is 10.2 Å². The Hall–Kier alpha value is -3.25. The minimum Gasteiger partial charge on any atom is -0.395 e. The maximum Gasteiger partial charge on any atom is 0.433 e. The summed E-state index contributed by atoms with van der Waals surface area (Å²) in [5.74, 6) is -3.20. The summed E-state index contributed by atoms with van der Waals surface area (Å²) in [6.45, 7) is -0.419. The molecular formula is C14H16N4O11S3. The normalized spacial score (nSPS) is 18.6. The summed E-state index contributed by atoms with van der Waals surface area (Å²) in [4.78, 5) is 43.4. The molecule has 0 radical (unpaired) electrons. The predicted molar refractivity (Wildman–Crippen MR) is 112 cm³/mol. The van der Waals surface area contributed by atoms with Gasteiger partial charge in [0, 0.05) is 12.6 Å². The highest BCUT2D eigenvalue weighted by atomic mass is 32.3. The lowest BCUT2D eigenvalue weighted by Crippen LogP contribution is -2.36. The minimum absolute atomic E-state index is 0.371. The highest BCUT2D eigenvalue weighted by Gasteiger charge is 2.43. The number of hydrogen-bond acceptors (Lipinski definition) is 11. The van der Waals surface area contributed by atoms with Gasteiger partial charge in [0.1, 0.15) is 20.2 Å². The number of allylic oxidation sites excluding steroid dienone is 2. The summed E-state index contributed by atoms with van der Waals surface area (Å²) in [7, 11) is -9.61. The van der Waals surface area contributed by atoms with Crippen molar-refractivity contribution >= 4 is 50.0 Å². The molecule has 176 valence electrons. The summed E-state index contributed by atoms with van der Waals surface area (Å²) < 4.78 is 50.4. The van der Waals surface area contributed by atoms with Crippen LogP contribution in [0.15, 0.2) is 38.6 Å². The Balaban J connectivity index is 2.24. The Morgan fingerprint density at radius 3 is 2.22 bits per heavy atom. The highest BCUT2D eigenvalue weighted by molar-refractivity contribution is 8.29. The van der Waals surface area contributed by atoms with Crippen LogP contribution in [0, 0.1) is 20.2 Å². The first-order chi connectivity index (χ1) is 15.0. The van der Waals surface area contributed by atoms with E-state index in [1.165, 1.54) is 0 Å². The summed E-state index contributed by atoms with van der Waals surface area (Å²) in [6, 6.07) is 1.94. The fraction of sp³-hybridized carbons (Fsp3) is 0.286. The monoisotopic (exact) mass is 512 g/mol. The van der Waals surface area contributed by atoms with Gasteiger partial charge in [-0.25, -0.2) is 16.8 Å². The van der Waals surface area contributed by atoms with E-state index in [0.717, 1.165) is 24.3 Å². The number of amides is 2. The van der Waals surface area contributed by atoms with E-state index in [2.05, 4.69) is 5.32 Å². The topological polar surface area (TPSA) is 240 Å². The second-order valence-corrected chi connectivity index (χ2v) is 11.1. The molecule has 32 heavy (non-hydrogen) atoms. The molecule has 2 amide bonds. The number of nitrogens with two attached hydrogens (primary N) is 1. The first-order valence-electron chi connectivity index (χ1n) is 8.40. The number of rotatable bonds is 11. The van der Waals surface area contributed by atoms with Crippen LogP contribution in [0.5, 0.6) is 0 Å². The van der Waals surface area contributed by atoms with Gasteiger partial charge in [0.25, 0.3) is 16.8 Å². The first-order valence-corrected chi connectivity index (χ1v) is 12.3. The molecule has 1 aromatic heterocycles. The van der Waals surface area contributed by atoms with Crippen molar-refractivity contribution < 1.29 is 40.7 Å². The number of nitro groups is 2. The minimum atomic E-state index is -3.58. The molecule has 0 fully saturated rings. The van der Waals surface area contributed by atoms with Crippen LogP contribution in [0.4, 0.5) is 5.88 Å². The molecular weight excluding hydrogens is 496 g/mol. The molecule has 1 aliphatic rings. The molecule has 0 spiro atoms. The molecule has 0 aromatic carbocycles. The van der Waals surface area contributed by atoms with Gasteiger partial charge in [-0.05, 0) is 18.6 Å². The molecule has 18 heteroatoms. The lowest BCUT2D eigenvalue weighted by atomic mass is 10.3. The highest BCUT2D eigenvalue weighted by Crippen LogP contribution is 2.53. The Bertz CT molecular complexity index is 1130. The van der Waals surface area contributed by atoms with Crippen LogP contribution in [0.3, 0.4) is 0 Å². The Morgan fingerprint density at radius 1 is 1.09 bits per heavy atom. The van der Waals surface area contributed by atoms with E-state index >= 15 is 0 Å². The average Bonchev–Trinajstić information content (AvgIpc) is 3.34. The van der Waals surface area contributed by atoms with E-state index in [-0.39, 0.29) is 4.91 Å². The molecule has 0 aliphatic carbocycles. The molecule has 3 N–H and O–H groups in total. The van der Waals surface area contributed by atoms with Crippen molar-refractivity contribution in [1.29, 1.82) is 0 Å². The second kappa shape index (κ2) is 10.4. The SMILES string of the molecule is NC(=O)C1=CC=C([N+](=O)[O-])[SH]1C(C(CCNC(=O)c1ccc([N+](=O)[O-])o1)[SH](=O)=O)[SH](=O)=O. The van der Waals surface area contributed by atoms with Crippen LogP contribution in [-0.2, 0) is 26.2 Å². The first kappa shape index (κ1) is 25.0. The second-order valence-electron chi connectivity index (χ2n) is 6.06. The third-order valence-corrected chi connectivity index (χ3v) is 10.4. The van der Waals surface area contributed by atoms with Crippen molar-refractivity contribution in [2.24, 2.45) is 5.73 Å². The van der Waals surface area contributed by atoms with Gasteiger partial charge in [-0.1, -0.05) is 0 Å². The molecule has 1 aliphatic heterocycles. The van der Waals surface area contributed by atoms with Crippen molar-refractivity contribution in [3.63, 3.8) is 0 Å². The molecule has 0 bridgehead atoms. The van der Waals surface area contributed by atoms with Gasteiger partial charge < -0.3 is 15.5 Å². The van der Waals surface area contributed by atoms with Gasteiger partial charge in [0.15, 0.2) is 16.5 Å². The van der Waals surface area contributed by atoms with Crippen molar-refractivity contribution in [2.45, 2.75) is 16.3 Å².